The molecule has 1 amide bonds. The molecule has 0 saturated heterocycles. The number of carbonyl (C=O) groups excluding carboxylic acids is 1. The zero-order valence-electron chi connectivity index (χ0n) is 21.7. The molecule has 7 heteroatoms. The van der Waals surface area contributed by atoms with Crippen molar-refractivity contribution in [3.05, 3.63) is 123 Å². The van der Waals surface area contributed by atoms with Crippen LogP contribution in [0, 0.1) is 33.5 Å². The molecule has 38 heavy (non-hydrogen) atoms. The van der Waals surface area contributed by atoms with Crippen molar-refractivity contribution in [3.8, 4) is 0 Å². The lowest BCUT2D eigenvalue weighted by Gasteiger charge is -2.22. The lowest BCUT2D eigenvalue weighted by atomic mass is 9.93. The number of fused-ring (bicyclic) bond motifs is 1. The van der Waals surface area contributed by atoms with Gasteiger partial charge >= 0.3 is 0 Å². The van der Waals surface area contributed by atoms with Crippen LogP contribution in [0.2, 0.25) is 0 Å². The summed E-state index contributed by atoms with van der Waals surface area (Å²) in [6.07, 6.45) is -1.17. The van der Waals surface area contributed by atoms with Crippen LogP contribution in [0.1, 0.15) is 62.7 Å². The number of rotatable bonds is 7. The monoisotopic (exact) mass is 512 g/mol. The normalized spacial score (nSPS) is 13.0. The first-order valence-corrected chi connectivity index (χ1v) is 12.5. The first kappa shape index (κ1) is 25.4. The van der Waals surface area contributed by atoms with E-state index in [9.17, 15) is 9.90 Å². The van der Waals surface area contributed by atoms with Crippen LogP contribution in [-0.4, -0.2) is 16.2 Å². The molecule has 0 fully saturated rings. The van der Waals surface area contributed by atoms with E-state index in [4.69, 9.17) is 8.94 Å². The Labute approximate surface area is 220 Å². The quantitative estimate of drug-likeness (QED) is 0.266. The average Bonchev–Trinajstić information content (AvgIpc) is 3.46. The first-order valence-electron chi connectivity index (χ1n) is 12.5. The second-order valence-electron chi connectivity index (χ2n) is 9.73. The molecule has 0 aliphatic heterocycles. The van der Waals surface area contributed by atoms with Crippen molar-refractivity contribution >= 4 is 16.9 Å². The number of nitrogens with zero attached hydrogens (tertiary/aromatic N) is 1. The van der Waals surface area contributed by atoms with Crippen molar-refractivity contribution in [2.45, 2.75) is 46.3 Å². The number of hydrogen-bond acceptors (Lipinski definition) is 5. The van der Waals surface area contributed by atoms with Gasteiger partial charge in [-0.15, -0.1) is 0 Å². The summed E-state index contributed by atoms with van der Waals surface area (Å²) in [4.78, 5) is 13.2. The van der Waals surface area contributed by atoms with Crippen molar-refractivity contribution in [1.29, 1.82) is 0 Å². The van der Waals surface area contributed by atoms with E-state index in [0.29, 0.717) is 28.0 Å². The molecule has 2 unspecified atom stereocenters. The third kappa shape index (κ3) is 4.97. The van der Waals surface area contributed by atoms with Gasteiger partial charge in [0.25, 0.3) is 0 Å². The molecule has 0 saturated carbocycles. The zero-order valence-corrected chi connectivity index (χ0v) is 21.7. The van der Waals surface area contributed by atoms with Crippen molar-refractivity contribution in [2.75, 3.05) is 0 Å². The summed E-state index contributed by atoms with van der Waals surface area (Å²) in [5.74, 6) is -0.201. The Hall–Kier alpha value is -4.23. The molecular formula is C31H29FN2O4. The third-order valence-corrected chi connectivity index (χ3v) is 6.82. The summed E-state index contributed by atoms with van der Waals surface area (Å²) in [7, 11) is 0. The van der Waals surface area contributed by atoms with Crippen molar-refractivity contribution in [2.24, 2.45) is 0 Å². The Balaban J connectivity index is 1.41. The molecule has 2 N–H and O–H groups in total. The highest BCUT2D eigenvalue weighted by Crippen LogP contribution is 2.33. The molecule has 0 bridgehead atoms. The topological polar surface area (TPSA) is 88.5 Å². The number of amides is 1. The summed E-state index contributed by atoms with van der Waals surface area (Å²) in [5.41, 5.74) is 5.73. The molecule has 0 radical (unpaired) electrons. The van der Waals surface area contributed by atoms with Gasteiger partial charge in [0.1, 0.15) is 17.6 Å². The second kappa shape index (κ2) is 10.3. The number of furan rings is 1. The molecular weight excluding hydrogens is 483 g/mol. The van der Waals surface area contributed by atoms with Gasteiger partial charge in [-0.25, -0.2) is 4.39 Å². The maximum atomic E-state index is 15.0. The Bertz CT molecular complexity index is 1600. The maximum absolute atomic E-state index is 15.0. The van der Waals surface area contributed by atoms with E-state index in [-0.39, 0.29) is 29.7 Å². The van der Waals surface area contributed by atoms with Crippen LogP contribution in [0.5, 0.6) is 0 Å². The number of nitrogens with one attached hydrogen (secondary N) is 1. The van der Waals surface area contributed by atoms with Gasteiger partial charge in [-0.3, -0.25) is 4.79 Å². The van der Waals surface area contributed by atoms with Gasteiger partial charge in [0, 0.05) is 5.39 Å². The van der Waals surface area contributed by atoms with Crippen molar-refractivity contribution in [3.63, 3.8) is 0 Å². The van der Waals surface area contributed by atoms with E-state index in [2.05, 4.69) is 16.5 Å². The van der Waals surface area contributed by atoms with Gasteiger partial charge in [0.15, 0.2) is 11.4 Å². The highest BCUT2D eigenvalue weighted by Gasteiger charge is 2.25. The number of aromatic nitrogens is 1. The molecule has 0 aliphatic rings. The standard InChI is InChI=1S/C31H29FN2O4/c1-17-10-11-24(18(2)12-17)29(22-8-6-5-7-9-22)33-27(35)15-21-13-23-16-26(37-31(23)25(32)14-21)30(36)28-19(3)34-38-20(28)4/h5-14,16,29-30,36H,15H2,1-4H3,(H,33,35). The molecule has 194 valence electrons. The highest BCUT2D eigenvalue weighted by atomic mass is 19.1. The SMILES string of the molecule is Cc1ccc(C(NC(=O)Cc2cc(F)c3oc(C(O)c4c(C)noc4C)cc3c2)c2ccccc2)c(C)c1. The molecule has 0 spiro atoms. The van der Waals surface area contributed by atoms with E-state index in [0.717, 1.165) is 22.3 Å². The van der Waals surface area contributed by atoms with Crippen LogP contribution in [0.3, 0.4) is 0 Å². The van der Waals surface area contributed by atoms with Crippen molar-refractivity contribution < 1.29 is 23.2 Å². The van der Waals surface area contributed by atoms with Gasteiger partial charge in [-0.05, 0) is 68.1 Å². The molecule has 6 nitrogen and oxygen atoms in total. The van der Waals surface area contributed by atoms with Crippen LogP contribution < -0.4 is 5.32 Å². The summed E-state index contributed by atoms with van der Waals surface area (Å²) in [5, 5.41) is 18.3. The molecule has 3 aromatic carbocycles. The molecule has 5 aromatic rings. The van der Waals surface area contributed by atoms with E-state index in [1.54, 1.807) is 26.0 Å². The summed E-state index contributed by atoms with van der Waals surface area (Å²) in [6, 6.07) is 20.2. The Kier molecular flexibility index (Phi) is 6.87. The fourth-order valence-corrected chi connectivity index (χ4v) is 4.98. The highest BCUT2D eigenvalue weighted by molar-refractivity contribution is 5.84. The lowest BCUT2D eigenvalue weighted by molar-refractivity contribution is -0.120. The first-order chi connectivity index (χ1) is 18.2. The number of aliphatic hydroxyl groups excluding tert-OH is 1. The van der Waals surface area contributed by atoms with E-state index < -0.39 is 11.9 Å². The van der Waals surface area contributed by atoms with Crippen molar-refractivity contribution in [1.82, 2.24) is 10.5 Å². The van der Waals surface area contributed by atoms with Gasteiger partial charge in [0.05, 0.1) is 23.7 Å². The van der Waals surface area contributed by atoms with Crippen LogP contribution in [0.15, 0.2) is 75.7 Å². The van der Waals surface area contributed by atoms with E-state index in [1.165, 1.54) is 6.07 Å². The number of carbonyl (C=O) groups is 1. The molecule has 0 aliphatic carbocycles. The van der Waals surface area contributed by atoms with E-state index in [1.807, 2.05) is 56.3 Å². The summed E-state index contributed by atoms with van der Waals surface area (Å²) >= 11 is 0. The smallest absolute Gasteiger partial charge is 0.225 e. The second-order valence-corrected chi connectivity index (χ2v) is 9.73. The predicted octanol–water partition coefficient (Wildman–Crippen LogP) is 6.32. The Morgan fingerprint density at radius 3 is 2.47 bits per heavy atom. The Morgan fingerprint density at radius 2 is 1.79 bits per heavy atom. The van der Waals surface area contributed by atoms with Gasteiger partial charge in [0.2, 0.25) is 5.91 Å². The molecule has 2 heterocycles. The largest absolute Gasteiger partial charge is 0.455 e. The third-order valence-electron chi connectivity index (χ3n) is 6.82. The zero-order chi connectivity index (χ0) is 27.0. The Morgan fingerprint density at radius 1 is 1.03 bits per heavy atom. The number of halogens is 1. The van der Waals surface area contributed by atoms with Crippen LogP contribution in [-0.2, 0) is 11.2 Å². The predicted molar refractivity (Wildman–Crippen MR) is 142 cm³/mol. The van der Waals surface area contributed by atoms with Gasteiger partial charge in [-0.2, -0.15) is 0 Å². The number of aryl methyl sites for hydroxylation is 4. The summed E-state index contributed by atoms with van der Waals surface area (Å²) < 4.78 is 25.8. The minimum absolute atomic E-state index is 0.0198. The minimum atomic E-state index is -1.15. The lowest BCUT2D eigenvalue weighted by Crippen LogP contribution is -2.31. The molecule has 5 rings (SSSR count). The fraction of sp³-hybridized carbons (Fsp3) is 0.226. The van der Waals surface area contributed by atoms with Crippen LogP contribution in [0.4, 0.5) is 4.39 Å². The molecule has 2 aromatic heterocycles. The number of aliphatic hydroxyl groups is 1. The van der Waals surface area contributed by atoms with Gasteiger partial charge < -0.3 is 19.4 Å². The average molecular weight is 513 g/mol. The van der Waals surface area contributed by atoms with Gasteiger partial charge in [-0.1, -0.05) is 59.3 Å². The van der Waals surface area contributed by atoms with Crippen LogP contribution >= 0.6 is 0 Å². The van der Waals surface area contributed by atoms with Crippen LogP contribution in [0.25, 0.3) is 11.0 Å². The minimum Gasteiger partial charge on any atom is -0.455 e. The summed E-state index contributed by atoms with van der Waals surface area (Å²) in [6.45, 7) is 7.47. The number of benzene rings is 3. The number of hydrogen-bond donors (Lipinski definition) is 2. The van der Waals surface area contributed by atoms with E-state index >= 15 is 4.39 Å². The molecule has 2 atom stereocenters. The fourth-order valence-electron chi connectivity index (χ4n) is 4.98. The maximum Gasteiger partial charge on any atom is 0.225 e.